The average Bonchev–Trinajstić information content (AvgIpc) is 3.05. The number of pyridine rings is 1. The second-order valence-corrected chi connectivity index (χ2v) is 7.80. The van der Waals surface area contributed by atoms with E-state index in [9.17, 15) is 0 Å². The van der Waals surface area contributed by atoms with Gasteiger partial charge in [0.15, 0.2) is 0 Å². The van der Waals surface area contributed by atoms with Crippen molar-refractivity contribution in [2.45, 2.75) is 32.1 Å². The van der Waals surface area contributed by atoms with E-state index in [1.54, 1.807) is 0 Å². The molecule has 0 bridgehead atoms. The summed E-state index contributed by atoms with van der Waals surface area (Å²) in [4.78, 5) is 6.32. The van der Waals surface area contributed by atoms with E-state index in [1.807, 2.05) is 55.7 Å². The van der Waals surface area contributed by atoms with Crippen LogP contribution in [0.4, 0.5) is 0 Å². The monoisotopic (exact) mass is 409 g/mol. The summed E-state index contributed by atoms with van der Waals surface area (Å²) in [6, 6.07) is 11.8. The maximum absolute atomic E-state index is 9.12. The Balaban J connectivity index is 1.73. The molecule has 29 heavy (non-hydrogen) atoms. The molecular formula is C22H24ClN5O. The van der Waals surface area contributed by atoms with Crippen LogP contribution in [-0.4, -0.2) is 44.2 Å². The lowest BCUT2D eigenvalue weighted by Gasteiger charge is -2.21. The molecule has 150 valence electrons. The van der Waals surface area contributed by atoms with Crippen LogP contribution in [-0.2, 0) is 0 Å². The molecule has 3 aromatic rings. The zero-order chi connectivity index (χ0) is 20.2. The number of hydrogen-bond acceptors (Lipinski definition) is 4. The highest BCUT2D eigenvalue weighted by Crippen LogP contribution is 2.39. The van der Waals surface area contributed by atoms with Crippen molar-refractivity contribution in [2.24, 2.45) is 5.16 Å². The Morgan fingerprint density at radius 1 is 1.10 bits per heavy atom. The van der Waals surface area contributed by atoms with Gasteiger partial charge in [0.05, 0.1) is 0 Å². The first-order valence-electron chi connectivity index (χ1n) is 9.85. The predicted molar refractivity (Wildman–Crippen MR) is 115 cm³/mol. The fraction of sp³-hybridized carbons (Fsp3) is 0.318. The van der Waals surface area contributed by atoms with Gasteiger partial charge in [-0.2, -0.15) is 5.10 Å². The lowest BCUT2D eigenvalue weighted by molar-refractivity contribution is 0.299. The molecule has 4 rings (SSSR count). The number of benzene rings is 1. The van der Waals surface area contributed by atoms with E-state index in [4.69, 9.17) is 21.9 Å². The molecule has 3 heterocycles. The van der Waals surface area contributed by atoms with Gasteiger partial charge in [0.1, 0.15) is 11.5 Å². The molecule has 1 unspecified atom stereocenters. The van der Waals surface area contributed by atoms with Crippen LogP contribution in [0.25, 0.3) is 22.4 Å². The number of hydrogen-bond donors (Lipinski definition) is 2. The summed E-state index contributed by atoms with van der Waals surface area (Å²) >= 11 is 6.08. The molecule has 1 aromatic carbocycles. The van der Waals surface area contributed by atoms with E-state index in [0.717, 1.165) is 60.4 Å². The van der Waals surface area contributed by atoms with Gasteiger partial charge in [-0.05, 0) is 56.0 Å². The third-order valence-electron chi connectivity index (χ3n) is 5.62. The van der Waals surface area contributed by atoms with Crippen LogP contribution < -0.4 is 0 Å². The Morgan fingerprint density at radius 2 is 1.86 bits per heavy atom. The normalized spacial score (nSPS) is 17.9. The van der Waals surface area contributed by atoms with Gasteiger partial charge in [-0.15, -0.1) is 0 Å². The lowest BCUT2D eigenvalue weighted by Crippen LogP contribution is -2.29. The highest BCUT2D eigenvalue weighted by atomic mass is 35.5. The minimum Gasteiger partial charge on any atom is -0.409 e. The van der Waals surface area contributed by atoms with E-state index < -0.39 is 0 Å². The lowest BCUT2D eigenvalue weighted by atomic mass is 9.89. The summed E-state index contributed by atoms with van der Waals surface area (Å²) in [6.07, 6.45) is 6.67. The van der Waals surface area contributed by atoms with Crippen molar-refractivity contribution in [3.05, 3.63) is 59.5 Å². The first kappa shape index (κ1) is 19.5. The SMILES string of the molecule is CC(=NO)N1CCCC(c2[nH]nc(-c3ccc(Cl)cc3)c2-c2ccncc2)CC1. The average molecular weight is 410 g/mol. The number of rotatable bonds is 3. The highest BCUT2D eigenvalue weighted by Gasteiger charge is 2.26. The van der Waals surface area contributed by atoms with Crippen LogP contribution in [0, 0.1) is 0 Å². The fourth-order valence-electron chi connectivity index (χ4n) is 4.05. The van der Waals surface area contributed by atoms with Crippen LogP contribution in [0.2, 0.25) is 5.02 Å². The van der Waals surface area contributed by atoms with E-state index in [1.165, 1.54) is 0 Å². The molecule has 0 radical (unpaired) electrons. The third-order valence-corrected chi connectivity index (χ3v) is 5.87. The van der Waals surface area contributed by atoms with Crippen molar-refractivity contribution in [3.8, 4) is 22.4 Å². The molecule has 7 heteroatoms. The van der Waals surface area contributed by atoms with Crippen LogP contribution >= 0.6 is 11.6 Å². The number of aromatic nitrogens is 3. The molecule has 1 fully saturated rings. The summed E-state index contributed by atoms with van der Waals surface area (Å²) < 4.78 is 0. The van der Waals surface area contributed by atoms with Crippen LogP contribution in [0.5, 0.6) is 0 Å². The number of oxime groups is 1. The maximum Gasteiger partial charge on any atom is 0.141 e. The van der Waals surface area contributed by atoms with Crippen LogP contribution in [0.3, 0.4) is 0 Å². The van der Waals surface area contributed by atoms with Gasteiger partial charge in [0, 0.05) is 53.2 Å². The van der Waals surface area contributed by atoms with Gasteiger partial charge in [-0.1, -0.05) is 28.9 Å². The minimum absolute atomic E-state index is 0.350. The first-order chi connectivity index (χ1) is 14.2. The summed E-state index contributed by atoms with van der Waals surface area (Å²) in [5, 5.41) is 21.2. The minimum atomic E-state index is 0.350. The second kappa shape index (κ2) is 8.66. The predicted octanol–water partition coefficient (Wildman–Crippen LogP) is 5.17. The molecule has 1 saturated heterocycles. The second-order valence-electron chi connectivity index (χ2n) is 7.37. The number of nitrogens with zero attached hydrogens (tertiary/aromatic N) is 4. The molecule has 2 aromatic heterocycles. The number of likely N-dealkylation sites (tertiary alicyclic amines) is 1. The van der Waals surface area contributed by atoms with E-state index >= 15 is 0 Å². The standard InChI is InChI=1S/C22H24ClN5O/c1-15(27-29)28-13-2-3-17(10-14-28)21-20(16-8-11-24-12-9-16)22(26-25-21)18-4-6-19(23)7-5-18/h4-9,11-12,17,29H,2-3,10,13-14H2,1H3,(H,25,26). The third kappa shape index (κ3) is 4.12. The molecular weight excluding hydrogens is 386 g/mol. The van der Waals surface area contributed by atoms with E-state index in [-0.39, 0.29) is 0 Å². The highest BCUT2D eigenvalue weighted by molar-refractivity contribution is 6.30. The van der Waals surface area contributed by atoms with E-state index in [2.05, 4.69) is 20.1 Å². The molecule has 0 saturated carbocycles. The maximum atomic E-state index is 9.12. The smallest absolute Gasteiger partial charge is 0.141 e. The molecule has 1 aliphatic heterocycles. The zero-order valence-electron chi connectivity index (χ0n) is 16.3. The summed E-state index contributed by atoms with van der Waals surface area (Å²) in [6.45, 7) is 3.60. The summed E-state index contributed by atoms with van der Waals surface area (Å²) in [5.74, 6) is 1.02. The topological polar surface area (TPSA) is 77.4 Å². The molecule has 6 nitrogen and oxygen atoms in total. The Hall–Kier alpha value is -2.86. The zero-order valence-corrected chi connectivity index (χ0v) is 17.1. The fourth-order valence-corrected chi connectivity index (χ4v) is 4.18. The van der Waals surface area contributed by atoms with Gasteiger partial charge in [-0.3, -0.25) is 10.1 Å². The number of nitrogens with one attached hydrogen (secondary N) is 1. The Kier molecular flexibility index (Phi) is 5.81. The molecule has 1 atom stereocenters. The quantitative estimate of drug-likeness (QED) is 0.271. The van der Waals surface area contributed by atoms with Crippen LogP contribution in [0.15, 0.2) is 53.9 Å². The molecule has 2 N–H and O–H groups in total. The molecule has 0 amide bonds. The summed E-state index contributed by atoms with van der Waals surface area (Å²) in [5.41, 5.74) is 5.34. The van der Waals surface area contributed by atoms with Gasteiger partial charge in [0.25, 0.3) is 0 Å². The number of aromatic amines is 1. The van der Waals surface area contributed by atoms with Gasteiger partial charge < -0.3 is 10.1 Å². The largest absolute Gasteiger partial charge is 0.409 e. The number of halogens is 1. The van der Waals surface area contributed by atoms with Crippen molar-refractivity contribution < 1.29 is 5.21 Å². The Labute approximate surface area is 175 Å². The molecule has 0 aliphatic carbocycles. The molecule has 0 spiro atoms. The van der Waals surface area contributed by atoms with Crippen molar-refractivity contribution >= 4 is 17.4 Å². The van der Waals surface area contributed by atoms with Crippen molar-refractivity contribution in [2.75, 3.05) is 13.1 Å². The van der Waals surface area contributed by atoms with Crippen molar-refractivity contribution in [1.29, 1.82) is 0 Å². The van der Waals surface area contributed by atoms with Crippen LogP contribution in [0.1, 0.15) is 37.8 Å². The Morgan fingerprint density at radius 3 is 2.59 bits per heavy atom. The Bertz CT molecular complexity index is 984. The van der Waals surface area contributed by atoms with Crippen molar-refractivity contribution in [3.63, 3.8) is 0 Å². The van der Waals surface area contributed by atoms with Gasteiger partial charge >= 0.3 is 0 Å². The summed E-state index contributed by atoms with van der Waals surface area (Å²) in [7, 11) is 0. The van der Waals surface area contributed by atoms with Gasteiger partial charge in [-0.25, -0.2) is 0 Å². The number of amidine groups is 1. The number of H-pyrrole nitrogens is 1. The van der Waals surface area contributed by atoms with Gasteiger partial charge in [0.2, 0.25) is 0 Å². The van der Waals surface area contributed by atoms with E-state index in [0.29, 0.717) is 16.8 Å². The van der Waals surface area contributed by atoms with Crippen molar-refractivity contribution in [1.82, 2.24) is 20.1 Å². The first-order valence-corrected chi connectivity index (χ1v) is 10.2. The molecule has 1 aliphatic rings.